The van der Waals surface area contributed by atoms with Gasteiger partial charge in [0.15, 0.2) is 0 Å². The Hall–Kier alpha value is -0.650. The number of carbonyl (C=O) groups is 1. The van der Waals surface area contributed by atoms with E-state index in [0.717, 1.165) is 32.4 Å². The molecule has 0 bridgehead atoms. The van der Waals surface area contributed by atoms with Crippen LogP contribution >= 0.6 is 0 Å². The molecule has 0 saturated heterocycles. The highest BCUT2D eigenvalue weighted by molar-refractivity contribution is 5.81. The van der Waals surface area contributed by atoms with E-state index in [9.17, 15) is 4.79 Å². The van der Waals surface area contributed by atoms with Crippen LogP contribution in [0.25, 0.3) is 0 Å². The fourth-order valence-electron chi connectivity index (χ4n) is 2.56. The summed E-state index contributed by atoms with van der Waals surface area (Å²) in [5.74, 6) is 0.139. The molecule has 1 aliphatic rings. The Kier molecular flexibility index (Phi) is 8.02. The number of nitrogens with zero attached hydrogens (tertiary/aromatic N) is 1. The van der Waals surface area contributed by atoms with E-state index in [0.29, 0.717) is 19.2 Å². The molecule has 0 radical (unpaired) electrons. The molecule has 19 heavy (non-hydrogen) atoms. The van der Waals surface area contributed by atoms with Crippen molar-refractivity contribution < 1.29 is 9.53 Å². The predicted molar refractivity (Wildman–Crippen MR) is 77.0 cm³/mol. The second-order valence-electron chi connectivity index (χ2n) is 5.34. The summed E-state index contributed by atoms with van der Waals surface area (Å²) >= 11 is 0. The lowest BCUT2D eigenvalue weighted by Crippen LogP contribution is -2.49. The first-order valence-electron chi connectivity index (χ1n) is 7.42. The van der Waals surface area contributed by atoms with E-state index in [4.69, 9.17) is 10.5 Å². The minimum absolute atomic E-state index is 0.109. The molecule has 3 N–H and O–H groups in total. The molecule has 1 aliphatic carbocycles. The third kappa shape index (κ3) is 5.89. The summed E-state index contributed by atoms with van der Waals surface area (Å²) in [5.41, 5.74) is 5.56. The van der Waals surface area contributed by atoms with Gasteiger partial charge in [-0.1, -0.05) is 12.8 Å². The average Bonchev–Trinajstić information content (AvgIpc) is 2.91. The van der Waals surface area contributed by atoms with Crippen molar-refractivity contribution in [2.24, 2.45) is 5.73 Å². The molecule has 1 rings (SSSR count). The normalized spacial score (nSPS) is 17.9. The lowest BCUT2D eigenvalue weighted by Gasteiger charge is -2.28. The Balaban J connectivity index is 2.42. The Bertz CT molecular complexity index is 247. The molecule has 0 aliphatic heterocycles. The number of rotatable bonds is 9. The van der Waals surface area contributed by atoms with Crippen LogP contribution in [0.1, 0.15) is 39.0 Å². The highest BCUT2D eigenvalue weighted by atomic mass is 16.5. The topological polar surface area (TPSA) is 67.6 Å². The third-order valence-electron chi connectivity index (χ3n) is 3.86. The van der Waals surface area contributed by atoms with Crippen molar-refractivity contribution in [1.29, 1.82) is 0 Å². The standard InChI is InChI=1S/C14H29N3O2/c1-12(14(18)16-13-6-3-4-7-13)17(9-5-8-15)10-11-19-2/h12-13H,3-11,15H2,1-2H3,(H,16,18). The molecule has 0 aromatic carbocycles. The van der Waals surface area contributed by atoms with Crippen molar-refractivity contribution in [3.8, 4) is 0 Å². The van der Waals surface area contributed by atoms with Crippen LogP contribution in [0.2, 0.25) is 0 Å². The van der Waals surface area contributed by atoms with Crippen molar-refractivity contribution in [2.75, 3.05) is 33.4 Å². The zero-order valence-corrected chi connectivity index (χ0v) is 12.4. The van der Waals surface area contributed by atoms with Crippen LogP contribution in [0.5, 0.6) is 0 Å². The maximum absolute atomic E-state index is 12.2. The van der Waals surface area contributed by atoms with Crippen LogP contribution in [0, 0.1) is 0 Å². The molecule has 0 spiro atoms. The largest absolute Gasteiger partial charge is 0.383 e. The number of carbonyl (C=O) groups excluding carboxylic acids is 1. The quantitative estimate of drug-likeness (QED) is 0.649. The van der Waals surface area contributed by atoms with Gasteiger partial charge in [-0.2, -0.15) is 0 Å². The minimum Gasteiger partial charge on any atom is -0.383 e. The second-order valence-corrected chi connectivity index (χ2v) is 5.34. The van der Waals surface area contributed by atoms with Gasteiger partial charge in [0.2, 0.25) is 5.91 Å². The monoisotopic (exact) mass is 271 g/mol. The van der Waals surface area contributed by atoms with Crippen molar-refractivity contribution >= 4 is 5.91 Å². The van der Waals surface area contributed by atoms with Crippen LogP contribution in [-0.4, -0.2) is 56.2 Å². The van der Waals surface area contributed by atoms with Crippen molar-refractivity contribution in [3.05, 3.63) is 0 Å². The van der Waals surface area contributed by atoms with E-state index >= 15 is 0 Å². The fraction of sp³-hybridized carbons (Fsp3) is 0.929. The van der Waals surface area contributed by atoms with E-state index in [1.54, 1.807) is 7.11 Å². The lowest BCUT2D eigenvalue weighted by atomic mass is 10.2. The van der Waals surface area contributed by atoms with Gasteiger partial charge in [-0.3, -0.25) is 9.69 Å². The number of hydrogen-bond acceptors (Lipinski definition) is 4. The molecular formula is C14H29N3O2. The third-order valence-corrected chi connectivity index (χ3v) is 3.86. The van der Waals surface area contributed by atoms with Gasteiger partial charge in [0.25, 0.3) is 0 Å². The summed E-state index contributed by atoms with van der Waals surface area (Å²) in [5, 5.41) is 3.16. The summed E-state index contributed by atoms with van der Waals surface area (Å²) in [6.07, 6.45) is 5.63. The molecule has 0 aromatic rings. The Morgan fingerprint density at radius 1 is 1.42 bits per heavy atom. The van der Waals surface area contributed by atoms with E-state index < -0.39 is 0 Å². The predicted octanol–water partition coefficient (Wildman–Crippen LogP) is 0.731. The lowest BCUT2D eigenvalue weighted by molar-refractivity contribution is -0.126. The maximum atomic E-state index is 12.2. The zero-order valence-electron chi connectivity index (χ0n) is 12.4. The molecule has 5 nitrogen and oxygen atoms in total. The number of nitrogens with two attached hydrogens (primary N) is 1. The molecule has 1 atom stereocenters. The van der Waals surface area contributed by atoms with E-state index in [1.165, 1.54) is 12.8 Å². The van der Waals surface area contributed by atoms with Crippen LogP contribution in [0.15, 0.2) is 0 Å². The van der Waals surface area contributed by atoms with Crippen molar-refractivity contribution in [3.63, 3.8) is 0 Å². The number of amides is 1. The second kappa shape index (κ2) is 9.28. The molecule has 5 heteroatoms. The van der Waals surface area contributed by atoms with Crippen LogP contribution in [0.4, 0.5) is 0 Å². The first kappa shape index (κ1) is 16.4. The molecule has 1 unspecified atom stereocenters. The molecule has 0 heterocycles. The molecule has 1 amide bonds. The molecule has 112 valence electrons. The van der Waals surface area contributed by atoms with E-state index in [-0.39, 0.29) is 11.9 Å². The summed E-state index contributed by atoms with van der Waals surface area (Å²) < 4.78 is 5.11. The minimum atomic E-state index is -0.109. The van der Waals surface area contributed by atoms with Gasteiger partial charge < -0.3 is 15.8 Å². The first-order valence-corrected chi connectivity index (χ1v) is 7.42. The smallest absolute Gasteiger partial charge is 0.237 e. The van der Waals surface area contributed by atoms with Gasteiger partial charge >= 0.3 is 0 Å². The van der Waals surface area contributed by atoms with Crippen molar-refractivity contribution in [2.45, 2.75) is 51.1 Å². The SMILES string of the molecule is COCCN(CCCN)C(C)C(=O)NC1CCCC1. The number of ether oxygens (including phenoxy) is 1. The first-order chi connectivity index (χ1) is 9.19. The maximum Gasteiger partial charge on any atom is 0.237 e. The summed E-state index contributed by atoms with van der Waals surface area (Å²) in [4.78, 5) is 14.4. The summed E-state index contributed by atoms with van der Waals surface area (Å²) in [6, 6.07) is 0.274. The van der Waals surface area contributed by atoms with Crippen LogP contribution < -0.4 is 11.1 Å². The van der Waals surface area contributed by atoms with Crippen LogP contribution in [0.3, 0.4) is 0 Å². The number of methoxy groups -OCH3 is 1. The van der Waals surface area contributed by atoms with Gasteiger partial charge in [0.1, 0.15) is 0 Å². The zero-order chi connectivity index (χ0) is 14.1. The highest BCUT2D eigenvalue weighted by Gasteiger charge is 2.24. The molecule has 0 aromatic heterocycles. The summed E-state index contributed by atoms with van der Waals surface area (Å²) in [6.45, 7) is 4.89. The van der Waals surface area contributed by atoms with Gasteiger partial charge in [0.05, 0.1) is 12.6 Å². The molecule has 1 saturated carbocycles. The highest BCUT2D eigenvalue weighted by Crippen LogP contribution is 2.18. The number of hydrogen-bond donors (Lipinski definition) is 2. The molecule has 1 fully saturated rings. The van der Waals surface area contributed by atoms with E-state index in [1.807, 2.05) is 6.92 Å². The van der Waals surface area contributed by atoms with Gasteiger partial charge in [-0.05, 0) is 32.7 Å². The average molecular weight is 271 g/mol. The van der Waals surface area contributed by atoms with Gasteiger partial charge in [-0.15, -0.1) is 0 Å². The van der Waals surface area contributed by atoms with Crippen molar-refractivity contribution in [1.82, 2.24) is 10.2 Å². The van der Waals surface area contributed by atoms with E-state index in [2.05, 4.69) is 10.2 Å². The Labute approximate surface area is 116 Å². The number of nitrogens with one attached hydrogen (secondary N) is 1. The van der Waals surface area contributed by atoms with Crippen LogP contribution in [-0.2, 0) is 9.53 Å². The van der Waals surface area contributed by atoms with Gasteiger partial charge in [0, 0.05) is 26.2 Å². The molecular weight excluding hydrogens is 242 g/mol. The Morgan fingerprint density at radius 2 is 2.11 bits per heavy atom. The summed E-state index contributed by atoms with van der Waals surface area (Å²) in [7, 11) is 1.68. The van der Waals surface area contributed by atoms with Gasteiger partial charge in [-0.25, -0.2) is 0 Å². The fourth-order valence-corrected chi connectivity index (χ4v) is 2.56. The Morgan fingerprint density at radius 3 is 2.68 bits per heavy atom.